The summed E-state index contributed by atoms with van der Waals surface area (Å²) in [6.07, 6.45) is -4.47. The number of halogens is 3. The summed E-state index contributed by atoms with van der Waals surface area (Å²) in [5.41, 5.74) is -1.88. The Morgan fingerprint density at radius 1 is 0.933 bits per heavy atom. The highest BCUT2D eigenvalue weighted by Crippen LogP contribution is 2.32. The second kappa shape index (κ2) is 7.97. The maximum Gasteiger partial charge on any atom is 0.416 e. The van der Waals surface area contributed by atoms with Gasteiger partial charge in [0, 0.05) is 37.9 Å². The van der Waals surface area contributed by atoms with Gasteiger partial charge in [0.1, 0.15) is 5.56 Å². The van der Waals surface area contributed by atoms with Gasteiger partial charge in [-0.05, 0) is 24.3 Å². The van der Waals surface area contributed by atoms with Crippen LogP contribution in [-0.4, -0.2) is 46.8 Å². The Hall–Kier alpha value is -3.70. The van der Waals surface area contributed by atoms with E-state index in [1.165, 1.54) is 17.0 Å². The van der Waals surface area contributed by atoms with Crippen LogP contribution >= 0.6 is 0 Å². The number of non-ortho nitro benzene ring substituents is 1. The summed E-state index contributed by atoms with van der Waals surface area (Å²) >= 11 is 0. The van der Waals surface area contributed by atoms with E-state index in [2.05, 4.69) is 0 Å². The molecule has 0 aromatic heterocycles. The maximum absolute atomic E-state index is 12.9. The van der Waals surface area contributed by atoms with E-state index in [-0.39, 0.29) is 31.7 Å². The number of benzene rings is 2. The van der Waals surface area contributed by atoms with E-state index in [1.54, 1.807) is 4.90 Å². The minimum Gasteiger partial charge on any atom is -0.368 e. The van der Waals surface area contributed by atoms with Crippen LogP contribution in [0.25, 0.3) is 0 Å². The predicted molar refractivity (Wildman–Crippen MR) is 99.3 cm³/mol. The normalized spacial score (nSPS) is 14.5. The van der Waals surface area contributed by atoms with Crippen LogP contribution in [0.1, 0.15) is 15.9 Å². The maximum atomic E-state index is 12.9. The zero-order valence-corrected chi connectivity index (χ0v) is 15.3. The highest BCUT2D eigenvalue weighted by molar-refractivity contribution is 5.98. The standard InChI is InChI=1S/C18H15F3N4O5/c19-18(20,21)12-2-1-3-13(10-12)22-6-8-23(9-7-22)17(26)15-5-4-14(24(27)28)11-16(15)25(29)30/h1-5,10-11H,6-9H2. The lowest BCUT2D eigenvalue weighted by Crippen LogP contribution is -2.49. The van der Waals surface area contributed by atoms with Gasteiger partial charge in [-0.3, -0.25) is 25.0 Å². The van der Waals surface area contributed by atoms with Crippen LogP contribution in [-0.2, 0) is 6.18 Å². The van der Waals surface area contributed by atoms with Crippen LogP contribution in [0.2, 0.25) is 0 Å². The van der Waals surface area contributed by atoms with Crippen molar-refractivity contribution in [2.75, 3.05) is 31.1 Å². The second-order valence-electron chi connectivity index (χ2n) is 6.54. The number of amides is 1. The third-order valence-corrected chi connectivity index (χ3v) is 4.72. The number of carbonyl (C=O) groups excluding carboxylic acids is 1. The molecular weight excluding hydrogens is 409 g/mol. The largest absolute Gasteiger partial charge is 0.416 e. The van der Waals surface area contributed by atoms with Crippen LogP contribution in [0.15, 0.2) is 42.5 Å². The fraction of sp³-hybridized carbons (Fsp3) is 0.278. The molecule has 1 aliphatic heterocycles. The molecule has 0 bridgehead atoms. The van der Waals surface area contributed by atoms with Crippen LogP contribution in [0.4, 0.5) is 30.2 Å². The topological polar surface area (TPSA) is 110 Å². The molecule has 158 valence electrons. The monoisotopic (exact) mass is 424 g/mol. The van der Waals surface area contributed by atoms with Crippen molar-refractivity contribution in [1.29, 1.82) is 0 Å². The number of nitro benzene ring substituents is 2. The Labute approximate surface area is 167 Å². The molecule has 3 rings (SSSR count). The third kappa shape index (κ3) is 4.31. The summed E-state index contributed by atoms with van der Waals surface area (Å²) in [7, 11) is 0. The third-order valence-electron chi connectivity index (χ3n) is 4.72. The van der Waals surface area contributed by atoms with E-state index in [0.717, 1.165) is 30.3 Å². The molecule has 0 N–H and O–H groups in total. The minimum absolute atomic E-state index is 0.128. The van der Waals surface area contributed by atoms with Gasteiger partial charge in [-0.15, -0.1) is 0 Å². The van der Waals surface area contributed by atoms with Gasteiger partial charge in [0.2, 0.25) is 0 Å². The first-order chi connectivity index (χ1) is 14.1. The molecule has 2 aromatic carbocycles. The van der Waals surface area contributed by atoms with Crippen LogP contribution in [0.5, 0.6) is 0 Å². The molecule has 30 heavy (non-hydrogen) atoms. The van der Waals surface area contributed by atoms with Crippen molar-refractivity contribution in [2.24, 2.45) is 0 Å². The van der Waals surface area contributed by atoms with E-state index in [1.807, 2.05) is 0 Å². The van der Waals surface area contributed by atoms with Gasteiger partial charge >= 0.3 is 6.18 Å². The summed E-state index contributed by atoms with van der Waals surface area (Å²) < 4.78 is 38.7. The first-order valence-corrected chi connectivity index (χ1v) is 8.72. The number of nitrogens with zero attached hydrogens (tertiary/aromatic N) is 4. The smallest absolute Gasteiger partial charge is 0.368 e. The highest BCUT2D eigenvalue weighted by atomic mass is 19.4. The Bertz CT molecular complexity index is 1000. The lowest BCUT2D eigenvalue weighted by atomic mass is 10.1. The van der Waals surface area contributed by atoms with Crippen molar-refractivity contribution in [3.05, 3.63) is 73.8 Å². The van der Waals surface area contributed by atoms with Crippen molar-refractivity contribution in [2.45, 2.75) is 6.18 Å². The average Bonchev–Trinajstić information content (AvgIpc) is 2.72. The lowest BCUT2D eigenvalue weighted by molar-refractivity contribution is -0.394. The number of hydrogen-bond acceptors (Lipinski definition) is 6. The number of anilines is 1. The van der Waals surface area contributed by atoms with Gasteiger partial charge in [-0.25, -0.2) is 0 Å². The molecule has 12 heteroatoms. The molecule has 1 fully saturated rings. The molecule has 0 atom stereocenters. The molecule has 1 saturated heterocycles. The van der Waals surface area contributed by atoms with Gasteiger partial charge in [0.15, 0.2) is 0 Å². The van der Waals surface area contributed by atoms with E-state index in [4.69, 9.17) is 0 Å². The van der Waals surface area contributed by atoms with E-state index >= 15 is 0 Å². The molecule has 0 unspecified atom stereocenters. The molecular formula is C18H15F3N4O5. The molecule has 0 radical (unpaired) electrons. The molecule has 1 heterocycles. The number of nitro groups is 2. The van der Waals surface area contributed by atoms with Crippen LogP contribution < -0.4 is 4.90 Å². The zero-order chi connectivity index (χ0) is 22.1. The number of piperazine rings is 1. The first kappa shape index (κ1) is 21.0. The van der Waals surface area contributed by atoms with Gasteiger partial charge < -0.3 is 9.80 Å². The van der Waals surface area contributed by atoms with Gasteiger partial charge in [0.25, 0.3) is 17.3 Å². The summed E-state index contributed by atoms with van der Waals surface area (Å²) in [6, 6.07) is 7.61. The number of alkyl halides is 3. The Kier molecular flexibility index (Phi) is 5.58. The molecule has 1 aliphatic rings. The van der Waals surface area contributed by atoms with Crippen molar-refractivity contribution in [3.63, 3.8) is 0 Å². The Morgan fingerprint density at radius 3 is 2.17 bits per heavy atom. The van der Waals surface area contributed by atoms with Crippen molar-refractivity contribution in [1.82, 2.24) is 4.90 Å². The fourth-order valence-electron chi connectivity index (χ4n) is 3.18. The lowest BCUT2D eigenvalue weighted by Gasteiger charge is -2.36. The molecule has 1 amide bonds. The number of carbonyl (C=O) groups is 1. The second-order valence-corrected chi connectivity index (χ2v) is 6.54. The van der Waals surface area contributed by atoms with Crippen molar-refractivity contribution >= 4 is 23.0 Å². The molecule has 0 saturated carbocycles. The van der Waals surface area contributed by atoms with E-state index in [9.17, 15) is 38.2 Å². The van der Waals surface area contributed by atoms with Crippen LogP contribution in [0.3, 0.4) is 0 Å². The SMILES string of the molecule is O=C(c1ccc([N+](=O)[O-])cc1[N+](=O)[O-])N1CCN(c2cccc(C(F)(F)F)c2)CC1. The molecule has 0 aliphatic carbocycles. The molecule has 2 aromatic rings. The van der Waals surface area contributed by atoms with Gasteiger partial charge in [-0.2, -0.15) is 13.2 Å². The minimum atomic E-state index is -4.47. The first-order valence-electron chi connectivity index (χ1n) is 8.72. The van der Waals surface area contributed by atoms with Crippen molar-refractivity contribution < 1.29 is 27.8 Å². The summed E-state index contributed by atoms with van der Waals surface area (Å²) in [4.78, 5) is 36.1. The van der Waals surface area contributed by atoms with Crippen molar-refractivity contribution in [3.8, 4) is 0 Å². The molecule has 0 spiro atoms. The quantitative estimate of drug-likeness (QED) is 0.549. The van der Waals surface area contributed by atoms with Crippen LogP contribution in [0, 0.1) is 20.2 Å². The van der Waals surface area contributed by atoms with Gasteiger partial charge in [-0.1, -0.05) is 6.07 Å². The van der Waals surface area contributed by atoms with E-state index < -0.39 is 38.9 Å². The number of rotatable bonds is 4. The number of hydrogen-bond donors (Lipinski definition) is 0. The summed E-state index contributed by atoms with van der Waals surface area (Å²) in [6.45, 7) is 0.716. The highest BCUT2D eigenvalue weighted by Gasteiger charge is 2.32. The Balaban J connectivity index is 1.75. The summed E-state index contributed by atoms with van der Waals surface area (Å²) in [5.74, 6) is -0.666. The zero-order valence-electron chi connectivity index (χ0n) is 15.3. The fourth-order valence-corrected chi connectivity index (χ4v) is 3.18. The van der Waals surface area contributed by atoms with E-state index in [0.29, 0.717) is 5.69 Å². The Morgan fingerprint density at radius 2 is 1.60 bits per heavy atom. The average molecular weight is 424 g/mol. The summed E-state index contributed by atoms with van der Waals surface area (Å²) in [5, 5.41) is 22.1. The van der Waals surface area contributed by atoms with Gasteiger partial charge in [0.05, 0.1) is 21.5 Å². The predicted octanol–water partition coefficient (Wildman–Crippen LogP) is 3.48. The molecule has 9 nitrogen and oxygen atoms in total.